The second-order valence-corrected chi connectivity index (χ2v) is 6.73. The molecular formula is C12H9NO2S3. The molecule has 18 heavy (non-hydrogen) atoms. The smallest absolute Gasteiger partial charge is 0.350 e. The summed E-state index contributed by atoms with van der Waals surface area (Å²) in [7, 11) is 1.36. The van der Waals surface area contributed by atoms with Gasteiger partial charge in [0.2, 0.25) is 0 Å². The number of methoxy groups -OCH3 is 1. The molecule has 3 nitrogen and oxygen atoms in total. The van der Waals surface area contributed by atoms with E-state index in [1.165, 1.54) is 27.8 Å². The van der Waals surface area contributed by atoms with Crippen LogP contribution in [0.25, 0.3) is 19.2 Å². The van der Waals surface area contributed by atoms with Crippen LogP contribution in [-0.2, 0) is 4.74 Å². The molecule has 0 aliphatic heterocycles. The van der Waals surface area contributed by atoms with Crippen LogP contribution in [0, 0.1) is 0 Å². The Balaban J connectivity index is 2.07. The third-order valence-corrected chi connectivity index (χ3v) is 5.93. The number of fused-ring (bicyclic) bond motifs is 1. The zero-order valence-electron chi connectivity index (χ0n) is 9.43. The average molecular weight is 295 g/mol. The van der Waals surface area contributed by atoms with Crippen molar-refractivity contribution in [2.75, 3.05) is 12.8 Å². The van der Waals surface area contributed by atoms with E-state index < -0.39 is 0 Å². The number of hydrogen-bond donors (Lipinski definition) is 1. The summed E-state index contributed by atoms with van der Waals surface area (Å²) in [4.78, 5) is 14.1. The lowest BCUT2D eigenvalue weighted by atomic mass is 10.3. The third-order valence-electron chi connectivity index (χ3n) is 2.51. The zero-order valence-corrected chi connectivity index (χ0v) is 11.9. The van der Waals surface area contributed by atoms with Crippen LogP contribution >= 0.6 is 34.0 Å². The second kappa shape index (κ2) is 4.38. The van der Waals surface area contributed by atoms with Gasteiger partial charge >= 0.3 is 5.97 Å². The number of ether oxygens (including phenoxy) is 1. The Hall–Kier alpha value is -1.37. The van der Waals surface area contributed by atoms with Gasteiger partial charge in [-0.15, -0.1) is 34.0 Å². The molecular weight excluding hydrogens is 286 g/mol. The maximum atomic E-state index is 11.5. The molecule has 3 rings (SSSR count). The van der Waals surface area contributed by atoms with E-state index in [1.807, 2.05) is 6.07 Å². The van der Waals surface area contributed by atoms with Crippen LogP contribution in [0.3, 0.4) is 0 Å². The van der Waals surface area contributed by atoms with E-state index >= 15 is 0 Å². The summed E-state index contributed by atoms with van der Waals surface area (Å²) in [5.41, 5.74) is 6.33. The average Bonchev–Trinajstić information content (AvgIpc) is 3.00. The van der Waals surface area contributed by atoms with E-state index in [4.69, 9.17) is 10.5 Å². The highest BCUT2D eigenvalue weighted by atomic mass is 32.1. The number of rotatable bonds is 2. The second-order valence-electron chi connectivity index (χ2n) is 3.65. The van der Waals surface area contributed by atoms with Gasteiger partial charge in [-0.1, -0.05) is 0 Å². The highest BCUT2D eigenvalue weighted by Gasteiger charge is 2.17. The zero-order chi connectivity index (χ0) is 12.7. The van der Waals surface area contributed by atoms with Gasteiger partial charge in [0.25, 0.3) is 0 Å². The minimum absolute atomic E-state index is 0.373. The number of hydrogen-bond acceptors (Lipinski definition) is 6. The van der Waals surface area contributed by atoms with Crippen molar-refractivity contribution < 1.29 is 9.53 Å². The van der Waals surface area contributed by atoms with Crippen LogP contribution < -0.4 is 5.73 Å². The maximum absolute atomic E-state index is 11.5. The molecule has 0 radical (unpaired) electrons. The first-order valence-corrected chi connectivity index (χ1v) is 7.65. The molecule has 92 valence electrons. The molecule has 0 saturated carbocycles. The van der Waals surface area contributed by atoms with E-state index in [9.17, 15) is 4.79 Å². The predicted molar refractivity (Wildman–Crippen MR) is 78.8 cm³/mol. The molecule has 0 amide bonds. The van der Waals surface area contributed by atoms with E-state index in [1.54, 1.807) is 22.7 Å². The van der Waals surface area contributed by atoms with Gasteiger partial charge in [0.05, 0.1) is 12.8 Å². The topological polar surface area (TPSA) is 52.3 Å². The van der Waals surface area contributed by atoms with E-state index in [2.05, 4.69) is 17.5 Å². The number of nitrogens with two attached hydrogens (primary N) is 1. The van der Waals surface area contributed by atoms with E-state index in [0.717, 1.165) is 9.75 Å². The quantitative estimate of drug-likeness (QED) is 0.725. The van der Waals surface area contributed by atoms with E-state index in [0.29, 0.717) is 10.6 Å². The van der Waals surface area contributed by atoms with Crippen LogP contribution in [0.4, 0.5) is 5.69 Å². The molecule has 0 bridgehead atoms. The van der Waals surface area contributed by atoms with Crippen molar-refractivity contribution in [1.82, 2.24) is 0 Å². The minimum Gasteiger partial charge on any atom is -0.465 e. The number of esters is 1. The Bertz CT molecular complexity index is 694. The number of anilines is 1. The molecule has 2 N–H and O–H groups in total. The lowest BCUT2D eigenvalue weighted by Crippen LogP contribution is -2.00. The molecule has 6 heteroatoms. The van der Waals surface area contributed by atoms with Gasteiger partial charge in [-0.05, 0) is 23.6 Å². The Labute approximate surface area is 115 Å². The largest absolute Gasteiger partial charge is 0.465 e. The highest BCUT2D eigenvalue weighted by Crippen LogP contribution is 2.41. The van der Waals surface area contributed by atoms with Crippen molar-refractivity contribution in [3.63, 3.8) is 0 Å². The van der Waals surface area contributed by atoms with Crippen molar-refractivity contribution in [1.29, 1.82) is 0 Å². The summed E-state index contributed by atoms with van der Waals surface area (Å²) in [6, 6.07) is 6.08. The Kier molecular flexibility index (Phi) is 2.85. The molecule has 0 atom stereocenters. The molecule has 0 fully saturated rings. The molecule has 0 unspecified atom stereocenters. The van der Waals surface area contributed by atoms with Crippen molar-refractivity contribution in [3.8, 4) is 9.75 Å². The minimum atomic E-state index is -0.373. The molecule has 0 aromatic carbocycles. The SMILES string of the molecule is COC(=O)c1sc(-c2cc3sccc3s2)cc1N. The number of thiophene rings is 3. The molecule has 0 aliphatic carbocycles. The van der Waals surface area contributed by atoms with Gasteiger partial charge in [0.1, 0.15) is 4.88 Å². The Morgan fingerprint density at radius 3 is 2.72 bits per heavy atom. The van der Waals surface area contributed by atoms with Crippen LogP contribution in [-0.4, -0.2) is 13.1 Å². The summed E-state index contributed by atoms with van der Waals surface area (Å²) in [6.45, 7) is 0. The fourth-order valence-corrected chi connectivity index (χ4v) is 4.84. The summed E-state index contributed by atoms with van der Waals surface area (Å²) in [6.07, 6.45) is 0. The molecule has 3 aromatic heterocycles. The van der Waals surface area contributed by atoms with Gasteiger partial charge in [-0.3, -0.25) is 0 Å². The van der Waals surface area contributed by atoms with Crippen molar-refractivity contribution in [2.45, 2.75) is 0 Å². The van der Waals surface area contributed by atoms with Gasteiger partial charge in [0.15, 0.2) is 0 Å². The van der Waals surface area contributed by atoms with Crippen molar-refractivity contribution in [3.05, 3.63) is 28.5 Å². The molecule has 0 aliphatic rings. The van der Waals surface area contributed by atoms with Gasteiger partial charge in [0, 0.05) is 19.2 Å². The van der Waals surface area contributed by atoms with Crippen LogP contribution in [0.2, 0.25) is 0 Å². The van der Waals surface area contributed by atoms with Gasteiger partial charge in [-0.25, -0.2) is 4.79 Å². The number of carbonyl (C=O) groups is 1. The number of nitrogen functional groups attached to an aromatic ring is 1. The Morgan fingerprint density at radius 2 is 2.00 bits per heavy atom. The lowest BCUT2D eigenvalue weighted by Gasteiger charge is -1.94. The van der Waals surface area contributed by atoms with Crippen LogP contribution in [0.5, 0.6) is 0 Å². The van der Waals surface area contributed by atoms with Crippen molar-refractivity contribution >= 4 is 55.1 Å². The van der Waals surface area contributed by atoms with Crippen molar-refractivity contribution in [2.24, 2.45) is 0 Å². The van der Waals surface area contributed by atoms with Gasteiger partial charge in [-0.2, -0.15) is 0 Å². The first-order chi connectivity index (χ1) is 8.69. The highest BCUT2D eigenvalue weighted by molar-refractivity contribution is 7.30. The fourth-order valence-electron chi connectivity index (χ4n) is 1.67. The van der Waals surface area contributed by atoms with Gasteiger partial charge < -0.3 is 10.5 Å². The molecule has 3 aromatic rings. The summed E-state index contributed by atoms with van der Waals surface area (Å²) < 4.78 is 7.24. The first kappa shape index (κ1) is 11.7. The molecule has 3 heterocycles. The Morgan fingerprint density at radius 1 is 1.22 bits per heavy atom. The predicted octanol–water partition coefficient (Wildman–Crippen LogP) is 4.06. The summed E-state index contributed by atoms with van der Waals surface area (Å²) in [5.74, 6) is -0.373. The standard InChI is InChI=1S/C12H9NO2S3/c1-15-12(14)11-6(13)4-9(18-11)10-5-8-7(17-10)2-3-16-8/h2-5H,13H2,1H3. The first-order valence-electron chi connectivity index (χ1n) is 5.14. The normalized spacial score (nSPS) is 10.9. The van der Waals surface area contributed by atoms with Crippen LogP contribution in [0.15, 0.2) is 23.6 Å². The summed E-state index contributed by atoms with van der Waals surface area (Å²) >= 11 is 4.81. The maximum Gasteiger partial charge on any atom is 0.350 e. The lowest BCUT2D eigenvalue weighted by molar-refractivity contribution is 0.0607. The summed E-state index contributed by atoms with van der Waals surface area (Å²) in [5, 5.41) is 2.08. The molecule has 0 spiro atoms. The number of carbonyl (C=O) groups excluding carboxylic acids is 1. The molecule has 0 saturated heterocycles. The van der Waals surface area contributed by atoms with E-state index in [-0.39, 0.29) is 5.97 Å². The van der Waals surface area contributed by atoms with Crippen LogP contribution in [0.1, 0.15) is 9.67 Å². The monoisotopic (exact) mass is 295 g/mol. The fraction of sp³-hybridized carbons (Fsp3) is 0.0833. The third kappa shape index (κ3) is 1.82.